The third-order valence-corrected chi connectivity index (χ3v) is 5.14. The molecule has 1 unspecified atom stereocenters. The van der Waals surface area contributed by atoms with E-state index in [-0.39, 0.29) is 23.3 Å². The van der Waals surface area contributed by atoms with Crippen LogP contribution >= 0.6 is 0 Å². The summed E-state index contributed by atoms with van der Waals surface area (Å²) in [6, 6.07) is 15.0. The number of anilines is 1. The van der Waals surface area contributed by atoms with Crippen LogP contribution < -0.4 is 15.8 Å². The average Bonchev–Trinajstić information content (AvgIpc) is 3.06. The van der Waals surface area contributed by atoms with Gasteiger partial charge in [0.2, 0.25) is 0 Å². The van der Waals surface area contributed by atoms with Crippen molar-refractivity contribution in [2.45, 2.75) is 26.3 Å². The van der Waals surface area contributed by atoms with E-state index in [1.807, 2.05) is 62.4 Å². The van der Waals surface area contributed by atoms with Crippen LogP contribution in [0.3, 0.4) is 0 Å². The summed E-state index contributed by atoms with van der Waals surface area (Å²) in [6.07, 6.45) is 2.42. The van der Waals surface area contributed by atoms with Gasteiger partial charge >= 0.3 is 0 Å². The van der Waals surface area contributed by atoms with Crippen LogP contribution in [0, 0.1) is 0 Å². The van der Waals surface area contributed by atoms with Gasteiger partial charge in [-0.3, -0.25) is 4.79 Å². The van der Waals surface area contributed by atoms with Crippen LogP contribution in [0.5, 0.6) is 5.75 Å². The molecule has 2 aromatic carbocycles. The van der Waals surface area contributed by atoms with Gasteiger partial charge < -0.3 is 15.8 Å². The van der Waals surface area contributed by atoms with Crippen molar-refractivity contribution in [2.75, 3.05) is 12.8 Å². The number of ether oxygens (including phenoxy) is 1. The van der Waals surface area contributed by atoms with E-state index in [9.17, 15) is 4.79 Å². The van der Waals surface area contributed by atoms with E-state index in [1.165, 1.54) is 4.68 Å². The van der Waals surface area contributed by atoms with Crippen molar-refractivity contribution in [1.82, 2.24) is 20.0 Å². The molecule has 0 aliphatic rings. The molecule has 0 fully saturated rings. The molecule has 1 amide bonds. The van der Waals surface area contributed by atoms with E-state index in [0.29, 0.717) is 27.9 Å². The normalized spacial score (nSPS) is 12.5. The molecule has 1 atom stereocenters. The molecule has 4 rings (SSSR count). The van der Waals surface area contributed by atoms with Gasteiger partial charge in [-0.15, -0.1) is 0 Å². The molecule has 0 bridgehead atoms. The number of fused-ring (bicyclic) bond motifs is 2. The second-order valence-electron chi connectivity index (χ2n) is 7.23. The lowest BCUT2D eigenvalue weighted by Gasteiger charge is -2.11. The Bertz CT molecular complexity index is 1290. The standard InChI is InChI=1S/C23H24N6O2/c1-4-14(2)26-23(30)19-20-22(28-17-11-7-6-10-16(17)27-20)29(21(19)24)25-13-15-9-5-8-12-18(15)31-3/h5-14H,4,24H2,1-3H3,(H,26,30)/b25-13+. The largest absolute Gasteiger partial charge is 0.496 e. The number of para-hydroxylation sites is 3. The number of rotatable bonds is 6. The fraction of sp³-hybridized carbons (Fsp3) is 0.217. The minimum absolute atomic E-state index is 0.00389. The number of hydrogen-bond acceptors (Lipinski definition) is 6. The molecule has 0 aliphatic carbocycles. The fourth-order valence-electron chi connectivity index (χ4n) is 3.28. The van der Waals surface area contributed by atoms with Crippen molar-refractivity contribution in [2.24, 2.45) is 5.10 Å². The van der Waals surface area contributed by atoms with Crippen LogP contribution in [0.2, 0.25) is 0 Å². The first-order valence-corrected chi connectivity index (χ1v) is 10.1. The number of amides is 1. The zero-order chi connectivity index (χ0) is 22.0. The van der Waals surface area contributed by atoms with Gasteiger partial charge in [-0.05, 0) is 37.6 Å². The number of aromatic nitrogens is 3. The maximum absolute atomic E-state index is 13.0. The van der Waals surface area contributed by atoms with Gasteiger partial charge in [0.1, 0.15) is 22.6 Å². The van der Waals surface area contributed by atoms with Gasteiger partial charge in [0.15, 0.2) is 5.65 Å². The van der Waals surface area contributed by atoms with Crippen molar-refractivity contribution in [3.63, 3.8) is 0 Å². The highest BCUT2D eigenvalue weighted by molar-refractivity contribution is 6.10. The maximum Gasteiger partial charge on any atom is 0.257 e. The van der Waals surface area contributed by atoms with Crippen LogP contribution in [0.15, 0.2) is 53.6 Å². The summed E-state index contributed by atoms with van der Waals surface area (Å²) in [5.74, 6) is 0.553. The SMILES string of the molecule is CCC(C)NC(=O)c1c(N)n(/N=C/c2ccccc2OC)c2nc3ccccc3nc12. The third kappa shape index (κ3) is 3.79. The molecule has 2 heterocycles. The van der Waals surface area contributed by atoms with Gasteiger partial charge in [0.25, 0.3) is 5.91 Å². The predicted molar refractivity (Wildman–Crippen MR) is 123 cm³/mol. The molecular formula is C23H24N6O2. The van der Waals surface area contributed by atoms with E-state index in [4.69, 9.17) is 15.5 Å². The maximum atomic E-state index is 13.0. The van der Waals surface area contributed by atoms with Gasteiger partial charge in [-0.25, -0.2) is 9.97 Å². The summed E-state index contributed by atoms with van der Waals surface area (Å²) in [7, 11) is 1.60. The Hall–Kier alpha value is -3.94. The molecule has 4 aromatic rings. The first kappa shape index (κ1) is 20.3. The fourth-order valence-corrected chi connectivity index (χ4v) is 3.28. The van der Waals surface area contributed by atoms with Crippen LogP contribution in [0.1, 0.15) is 36.2 Å². The third-order valence-electron chi connectivity index (χ3n) is 5.14. The van der Waals surface area contributed by atoms with Gasteiger partial charge in [-0.1, -0.05) is 31.2 Å². The minimum atomic E-state index is -0.298. The molecule has 158 valence electrons. The molecule has 2 aromatic heterocycles. The van der Waals surface area contributed by atoms with Crippen LogP contribution in [-0.4, -0.2) is 39.9 Å². The van der Waals surface area contributed by atoms with Crippen LogP contribution in [0.25, 0.3) is 22.2 Å². The number of benzene rings is 2. The van der Waals surface area contributed by atoms with Crippen molar-refractivity contribution in [3.8, 4) is 5.75 Å². The first-order valence-electron chi connectivity index (χ1n) is 10.1. The Morgan fingerprint density at radius 2 is 1.87 bits per heavy atom. The smallest absolute Gasteiger partial charge is 0.257 e. The van der Waals surface area contributed by atoms with Gasteiger partial charge in [-0.2, -0.15) is 9.78 Å². The molecule has 0 aliphatic heterocycles. The molecule has 0 saturated carbocycles. The Kier molecular flexibility index (Phi) is 5.53. The number of methoxy groups -OCH3 is 1. The summed E-state index contributed by atoms with van der Waals surface area (Å²) in [5.41, 5.74) is 9.64. The first-order chi connectivity index (χ1) is 15.0. The Morgan fingerprint density at radius 3 is 2.58 bits per heavy atom. The Balaban J connectivity index is 1.91. The van der Waals surface area contributed by atoms with Crippen LogP contribution in [0.4, 0.5) is 5.82 Å². The second-order valence-corrected chi connectivity index (χ2v) is 7.23. The van der Waals surface area contributed by atoms with Gasteiger partial charge in [0.05, 0.1) is 24.4 Å². The van der Waals surface area contributed by atoms with Crippen molar-refractivity contribution < 1.29 is 9.53 Å². The number of nitrogen functional groups attached to an aromatic ring is 1. The van der Waals surface area contributed by atoms with E-state index >= 15 is 0 Å². The number of nitrogens with zero attached hydrogens (tertiary/aromatic N) is 4. The lowest BCUT2D eigenvalue weighted by Crippen LogP contribution is -2.32. The number of nitrogens with two attached hydrogens (primary N) is 1. The molecule has 0 spiro atoms. The Labute approximate surface area is 179 Å². The van der Waals surface area contributed by atoms with Crippen LogP contribution in [-0.2, 0) is 0 Å². The molecule has 0 saturated heterocycles. The van der Waals surface area contributed by atoms with E-state index in [2.05, 4.69) is 15.4 Å². The highest BCUT2D eigenvalue weighted by Gasteiger charge is 2.24. The lowest BCUT2D eigenvalue weighted by atomic mass is 10.2. The average molecular weight is 416 g/mol. The molecular weight excluding hydrogens is 392 g/mol. The minimum Gasteiger partial charge on any atom is -0.496 e. The topological polar surface area (TPSA) is 107 Å². The zero-order valence-electron chi connectivity index (χ0n) is 17.7. The summed E-state index contributed by atoms with van der Waals surface area (Å²) >= 11 is 0. The summed E-state index contributed by atoms with van der Waals surface area (Å²) in [4.78, 5) is 22.4. The number of nitrogens with one attached hydrogen (secondary N) is 1. The number of hydrogen-bond donors (Lipinski definition) is 2. The summed E-state index contributed by atoms with van der Waals surface area (Å²) in [5, 5.41) is 7.49. The van der Waals surface area contributed by atoms with Crippen molar-refractivity contribution >= 4 is 40.1 Å². The van der Waals surface area contributed by atoms with Gasteiger partial charge in [0, 0.05) is 11.6 Å². The highest BCUT2D eigenvalue weighted by atomic mass is 16.5. The molecule has 31 heavy (non-hydrogen) atoms. The zero-order valence-corrected chi connectivity index (χ0v) is 17.7. The highest BCUT2D eigenvalue weighted by Crippen LogP contribution is 2.28. The quantitative estimate of drug-likeness (QED) is 0.467. The molecule has 8 nitrogen and oxygen atoms in total. The molecule has 0 radical (unpaired) electrons. The second kappa shape index (κ2) is 8.43. The van der Waals surface area contributed by atoms with Crippen molar-refractivity contribution in [3.05, 3.63) is 59.7 Å². The van der Waals surface area contributed by atoms with E-state index in [0.717, 1.165) is 12.0 Å². The summed E-state index contributed by atoms with van der Waals surface area (Å²) in [6.45, 7) is 3.94. The monoisotopic (exact) mass is 416 g/mol. The number of carbonyl (C=O) groups is 1. The lowest BCUT2D eigenvalue weighted by molar-refractivity contribution is 0.0941. The molecule has 3 N–H and O–H groups in total. The molecule has 8 heteroatoms. The van der Waals surface area contributed by atoms with Crippen molar-refractivity contribution in [1.29, 1.82) is 0 Å². The Morgan fingerprint density at radius 1 is 1.19 bits per heavy atom. The summed E-state index contributed by atoms with van der Waals surface area (Å²) < 4.78 is 6.84. The van der Waals surface area contributed by atoms with E-state index in [1.54, 1.807) is 13.3 Å². The van der Waals surface area contributed by atoms with E-state index < -0.39 is 0 Å². The predicted octanol–water partition coefficient (Wildman–Crippen LogP) is 3.59. The number of carbonyl (C=O) groups excluding carboxylic acids is 1.